The summed E-state index contributed by atoms with van der Waals surface area (Å²) >= 11 is 0. The highest BCUT2D eigenvalue weighted by atomic mass is 32.2. The van der Waals surface area contributed by atoms with E-state index in [2.05, 4.69) is 6.92 Å². The van der Waals surface area contributed by atoms with Gasteiger partial charge in [-0.05, 0) is 31.6 Å². The van der Waals surface area contributed by atoms with E-state index in [-0.39, 0.29) is 5.97 Å². The van der Waals surface area contributed by atoms with Crippen molar-refractivity contribution in [3.05, 3.63) is 0 Å². The second kappa shape index (κ2) is 6.43. The van der Waals surface area contributed by atoms with E-state index in [0.717, 1.165) is 25.7 Å². The van der Waals surface area contributed by atoms with Gasteiger partial charge in [0.2, 0.25) is 10.0 Å². The van der Waals surface area contributed by atoms with Gasteiger partial charge in [0.1, 0.15) is 0 Å². The third-order valence-electron chi connectivity index (χ3n) is 4.64. The molecule has 1 saturated carbocycles. The Balaban J connectivity index is 2.08. The number of sulfonamides is 1. The molecule has 0 aromatic heterocycles. The van der Waals surface area contributed by atoms with Gasteiger partial charge in [0.15, 0.2) is 0 Å². The quantitative estimate of drug-likeness (QED) is 0.726. The highest BCUT2D eigenvalue weighted by Crippen LogP contribution is 2.36. The lowest BCUT2D eigenvalue weighted by molar-refractivity contribution is -0.145. The average molecular weight is 303 g/mol. The molecule has 0 aromatic rings. The first kappa shape index (κ1) is 15.8. The molecule has 2 aliphatic rings. The number of rotatable bonds is 5. The van der Waals surface area contributed by atoms with Gasteiger partial charge in [-0.1, -0.05) is 19.8 Å². The van der Waals surface area contributed by atoms with Crippen LogP contribution in [-0.4, -0.2) is 44.1 Å². The smallest absolute Gasteiger partial charge is 0.310 e. The molecular weight excluding hydrogens is 278 g/mol. The fraction of sp³-hybridized carbons (Fsp3) is 0.929. The first-order chi connectivity index (χ1) is 9.50. The van der Waals surface area contributed by atoms with Crippen LogP contribution in [0.25, 0.3) is 0 Å². The van der Waals surface area contributed by atoms with Crippen LogP contribution in [0.3, 0.4) is 0 Å². The molecule has 5 nitrogen and oxygen atoms in total. The van der Waals surface area contributed by atoms with Crippen LogP contribution in [-0.2, 0) is 19.6 Å². The normalized spacial score (nSPS) is 31.6. The highest BCUT2D eigenvalue weighted by molar-refractivity contribution is 7.89. The molecule has 0 radical (unpaired) electrons. The minimum Gasteiger partial charge on any atom is -0.469 e. The molecule has 0 amide bonds. The number of nitrogens with zero attached hydrogens (tertiary/aromatic N) is 1. The van der Waals surface area contributed by atoms with Crippen molar-refractivity contribution in [2.45, 2.75) is 50.7 Å². The van der Waals surface area contributed by atoms with Crippen molar-refractivity contribution in [3.63, 3.8) is 0 Å². The molecule has 1 aliphatic carbocycles. The topological polar surface area (TPSA) is 63.7 Å². The maximum Gasteiger partial charge on any atom is 0.310 e. The minimum absolute atomic E-state index is 0.375. The van der Waals surface area contributed by atoms with Gasteiger partial charge in [-0.15, -0.1) is 0 Å². The van der Waals surface area contributed by atoms with E-state index in [9.17, 15) is 13.2 Å². The molecule has 1 saturated heterocycles. The summed E-state index contributed by atoms with van der Waals surface area (Å²) in [5.41, 5.74) is 0. The molecule has 1 heterocycles. The monoisotopic (exact) mass is 303 g/mol. The Bertz CT molecular complexity index is 448. The summed E-state index contributed by atoms with van der Waals surface area (Å²) in [7, 11) is -2.03. The fourth-order valence-electron chi connectivity index (χ4n) is 3.57. The molecule has 3 unspecified atom stereocenters. The Morgan fingerprint density at radius 2 is 2.05 bits per heavy atom. The second-order valence-electron chi connectivity index (χ2n) is 5.95. The van der Waals surface area contributed by atoms with Crippen molar-refractivity contribution in [3.8, 4) is 0 Å². The average Bonchev–Trinajstić information content (AvgIpc) is 3.07. The highest BCUT2D eigenvalue weighted by Gasteiger charge is 2.46. The minimum atomic E-state index is -3.36. The Kier molecular flexibility index (Phi) is 5.07. The van der Waals surface area contributed by atoms with Gasteiger partial charge < -0.3 is 4.74 Å². The summed E-state index contributed by atoms with van der Waals surface area (Å²) in [6.45, 7) is 3.36. The Morgan fingerprint density at radius 1 is 1.30 bits per heavy atom. The molecule has 0 N–H and O–H groups in total. The van der Waals surface area contributed by atoms with E-state index < -0.39 is 21.2 Å². The number of esters is 1. The number of hydrogen-bond acceptors (Lipinski definition) is 4. The second-order valence-corrected chi connectivity index (χ2v) is 8.10. The Morgan fingerprint density at radius 3 is 2.70 bits per heavy atom. The van der Waals surface area contributed by atoms with Gasteiger partial charge >= 0.3 is 5.97 Å². The van der Waals surface area contributed by atoms with E-state index in [1.165, 1.54) is 7.11 Å². The van der Waals surface area contributed by atoms with Gasteiger partial charge in [0.25, 0.3) is 0 Å². The zero-order valence-corrected chi connectivity index (χ0v) is 13.2. The molecule has 6 heteroatoms. The number of ether oxygens (including phenoxy) is 1. The van der Waals surface area contributed by atoms with Crippen molar-refractivity contribution in [1.29, 1.82) is 0 Å². The van der Waals surface area contributed by atoms with Crippen molar-refractivity contribution >= 4 is 16.0 Å². The van der Waals surface area contributed by atoms with Crippen LogP contribution in [0.5, 0.6) is 0 Å². The predicted molar refractivity (Wildman–Crippen MR) is 76.7 cm³/mol. The van der Waals surface area contributed by atoms with E-state index in [0.29, 0.717) is 31.8 Å². The summed E-state index contributed by atoms with van der Waals surface area (Å²) in [5.74, 6) is -0.372. The number of carbonyl (C=O) groups excluding carboxylic acids is 1. The van der Waals surface area contributed by atoms with Crippen molar-refractivity contribution in [2.75, 3.05) is 20.2 Å². The molecule has 3 atom stereocenters. The van der Waals surface area contributed by atoms with Crippen LogP contribution < -0.4 is 0 Å². The Labute approximate surface area is 121 Å². The van der Waals surface area contributed by atoms with Crippen LogP contribution >= 0.6 is 0 Å². The van der Waals surface area contributed by atoms with Crippen LogP contribution in [0, 0.1) is 11.8 Å². The molecule has 0 aromatic carbocycles. The third kappa shape index (κ3) is 3.01. The van der Waals surface area contributed by atoms with Gasteiger partial charge in [0.05, 0.1) is 18.3 Å². The Hall–Kier alpha value is -0.620. The number of carbonyl (C=O) groups is 1. The van der Waals surface area contributed by atoms with E-state index in [1.807, 2.05) is 0 Å². The standard InChI is InChI=1S/C14H25NO4S/c1-3-5-11-8-9-15(10-11)20(17,18)13-7-4-6-12(13)14(16)19-2/h11-13H,3-10H2,1-2H3. The van der Waals surface area contributed by atoms with Crippen LogP contribution in [0.15, 0.2) is 0 Å². The first-order valence-electron chi connectivity index (χ1n) is 7.57. The van der Waals surface area contributed by atoms with Crippen LogP contribution in [0.2, 0.25) is 0 Å². The number of methoxy groups -OCH3 is 1. The summed E-state index contributed by atoms with van der Waals surface area (Å²) in [6, 6.07) is 0. The van der Waals surface area contributed by atoms with E-state index in [1.54, 1.807) is 4.31 Å². The van der Waals surface area contributed by atoms with Gasteiger partial charge in [-0.3, -0.25) is 4.79 Å². The van der Waals surface area contributed by atoms with Gasteiger partial charge in [0, 0.05) is 13.1 Å². The molecule has 116 valence electrons. The first-order valence-corrected chi connectivity index (χ1v) is 9.07. The summed E-state index contributed by atoms with van der Waals surface area (Å²) in [4.78, 5) is 11.7. The summed E-state index contributed by atoms with van der Waals surface area (Å²) in [6.07, 6.45) is 5.11. The molecule has 2 rings (SSSR count). The molecule has 0 spiro atoms. The van der Waals surface area contributed by atoms with Crippen molar-refractivity contribution in [1.82, 2.24) is 4.31 Å². The summed E-state index contributed by atoms with van der Waals surface area (Å²) < 4.78 is 31.8. The molecule has 1 aliphatic heterocycles. The lowest BCUT2D eigenvalue weighted by Gasteiger charge is -2.24. The lowest BCUT2D eigenvalue weighted by Crippen LogP contribution is -2.41. The zero-order chi connectivity index (χ0) is 14.8. The van der Waals surface area contributed by atoms with E-state index >= 15 is 0 Å². The summed E-state index contributed by atoms with van der Waals surface area (Å²) in [5, 5.41) is -0.574. The predicted octanol–water partition coefficient (Wildman–Crippen LogP) is 1.78. The maximum atomic E-state index is 12.7. The van der Waals surface area contributed by atoms with Crippen molar-refractivity contribution < 1.29 is 17.9 Å². The molecule has 2 fully saturated rings. The van der Waals surface area contributed by atoms with Gasteiger partial charge in [-0.25, -0.2) is 12.7 Å². The van der Waals surface area contributed by atoms with E-state index in [4.69, 9.17) is 4.74 Å². The SMILES string of the molecule is CCCC1CCN(S(=O)(=O)C2CCCC2C(=O)OC)C1. The molecule has 0 bridgehead atoms. The zero-order valence-electron chi connectivity index (χ0n) is 12.4. The molecule has 20 heavy (non-hydrogen) atoms. The fourth-order valence-corrected chi connectivity index (χ4v) is 5.86. The largest absolute Gasteiger partial charge is 0.469 e. The van der Waals surface area contributed by atoms with Crippen LogP contribution in [0.1, 0.15) is 45.4 Å². The molecular formula is C14H25NO4S. The van der Waals surface area contributed by atoms with Gasteiger partial charge in [-0.2, -0.15) is 0 Å². The maximum absolute atomic E-state index is 12.7. The lowest BCUT2D eigenvalue weighted by atomic mass is 10.0. The number of hydrogen-bond donors (Lipinski definition) is 0. The third-order valence-corrected chi connectivity index (χ3v) is 7.03. The van der Waals surface area contributed by atoms with Crippen molar-refractivity contribution in [2.24, 2.45) is 11.8 Å². The van der Waals surface area contributed by atoms with Crippen LogP contribution in [0.4, 0.5) is 0 Å².